The molecule has 5 heteroatoms. The van der Waals surface area contributed by atoms with Crippen molar-refractivity contribution in [1.29, 1.82) is 0 Å². The SMILES string of the molecule is CCOC(=O)C(NC1CCCCC1)c1cccc(Cl)c1F. The van der Waals surface area contributed by atoms with Gasteiger partial charge in [-0.2, -0.15) is 0 Å². The van der Waals surface area contributed by atoms with E-state index in [4.69, 9.17) is 16.3 Å². The molecular weight excluding hydrogens is 293 g/mol. The third-order valence-electron chi connectivity index (χ3n) is 3.82. The van der Waals surface area contributed by atoms with Crippen LogP contribution in [0.2, 0.25) is 5.02 Å². The number of hydrogen-bond acceptors (Lipinski definition) is 3. The van der Waals surface area contributed by atoms with Crippen molar-refractivity contribution >= 4 is 17.6 Å². The number of halogens is 2. The van der Waals surface area contributed by atoms with Crippen LogP contribution < -0.4 is 5.32 Å². The van der Waals surface area contributed by atoms with E-state index < -0.39 is 17.8 Å². The number of esters is 1. The van der Waals surface area contributed by atoms with Crippen molar-refractivity contribution in [2.75, 3.05) is 6.61 Å². The summed E-state index contributed by atoms with van der Waals surface area (Å²) >= 11 is 5.83. The molecule has 1 aromatic carbocycles. The van der Waals surface area contributed by atoms with Crippen molar-refractivity contribution in [2.24, 2.45) is 0 Å². The summed E-state index contributed by atoms with van der Waals surface area (Å²) in [7, 11) is 0. The summed E-state index contributed by atoms with van der Waals surface area (Å²) < 4.78 is 19.3. The third kappa shape index (κ3) is 4.17. The number of benzene rings is 1. The monoisotopic (exact) mass is 313 g/mol. The highest BCUT2D eigenvalue weighted by molar-refractivity contribution is 6.30. The minimum atomic E-state index is -0.799. The van der Waals surface area contributed by atoms with E-state index in [9.17, 15) is 9.18 Å². The van der Waals surface area contributed by atoms with Crippen LogP contribution in [0.25, 0.3) is 0 Å². The Morgan fingerprint density at radius 3 is 2.81 bits per heavy atom. The second kappa shape index (κ2) is 7.76. The second-order valence-corrected chi connectivity index (χ2v) is 5.74. The predicted molar refractivity (Wildman–Crippen MR) is 80.8 cm³/mol. The van der Waals surface area contributed by atoms with E-state index in [1.807, 2.05) is 0 Å². The van der Waals surface area contributed by atoms with E-state index in [2.05, 4.69) is 5.32 Å². The van der Waals surface area contributed by atoms with Gasteiger partial charge in [0, 0.05) is 11.6 Å². The molecule has 1 aliphatic rings. The van der Waals surface area contributed by atoms with Crippen LogP contribution in [-0.4, -0.2) is 18.6 Å². The predicted octanol–water partition coefficient (Wildman–Crippen LogP) is 4.01. The van der Waals surface area contributed by atoms with Gasteiger partial charge in [0.05, 0.1) is 11.6 Å². The van der Waals surface area contributed by atoms with Gasteiger partial charge in [0.2, 0.25) is 0 Å². The Balaban J connectivity index is 2.22. The average molecular weight is 314 g/mol. The van der Waals surface area contributed by atoms with Crippen molar-refractivity contribution in [3.63, 3.8) is 0 Å². The Morgan fingerprint density at radius 2 is 2.14 bits per heavy atom. The lowest BCUT2D eigenvalue weighted by Gasteiger charge is -2.28. The lowest BCUT2D eigenvalue weighted by molar-refractivity contribution is -0.146. The molecule has 1 N–H and O–H groups in total. The van der Waals surface area contributed by atoms with Crippen LogP contribution in [0.5, 0.6) is 0 Å². The smallest absolute Gasteiger partial charge is 0.327 e. The van der Waals surface area contributed by atoms with E-state index in [0.717, 1.165) is 25.7 Å². The van der Waals surface area contributed by atoms with E-state index >= 15 is 0 Å². The molecule has 0 radical (unpaired) electrons. The number of ether oxygens (including phenoxy) is 1. The molecule has 1 aromatic rings. The molecule has 1 aliphatic carbocycles. The van der Waals surface area contributed by atoms with Gasteiger partial charge < -0.3 is 4.74 Å². The minimum Gasteiger partial charge on any atom is -0.465 e. The van der Waals surface area contributed by atoms with Crippen LogP contribution >= 0.6 is 11.6 Å². The fourth-order valence-corrected chi connectivity index (χ4v) is 2.94. The lowest BCUT2D eigenvalue weighted by atomic mass is 9.94. The molecule has 0 saturated heterocycles. The molecule has 1 unspecified atom stereocenters. The number of carbonyl (C=O) groups excluding carboxylic acids is 1. The van der Waals surface area contributed by atoms with Crippen molar-refractivity contribution in [1.82, 2.24) is 5.32 Å². The van der Waals surface area contributed by atoms with Gasteiger partial charge in [0.1, 0.15) is 11.9 Å². The molecule has 1 atom stereocenters. The Morgan fingerprint density at radius 1 is 1.43 bits per heavy atom. The van der Waals surface area contributed by atoms with Gasteiger partial charge in [-0.15, -0.1) is 0 Å². The number of nitrogens with one attached hydrogen (secondary N) is 1. The first-order valence-electron chi connectivity index (χ1n) is 7.50. The summed E-state index contributed by atoms with van der Waals surface area (Å²) in [5, 5.41) is 3.27. The normalized spacial score (nSPS) is 17.5. The molecule has 0 bridgehead atoms. The van der Waals surface area contributed by atoms with Crippen molar-refractivity contribution < 1.29 is 13.9 Å². The fraction of sp³-hybridized carbons (Fsp3) is 0.562. The zero-order chi connectivity index (χ0) is 15.2. The number of hydrogen-bond donors (Lipinski definition) is 1. The fourth-order valence-electron chi connectivity index (χ4n) is 2.76. The molecule has 0 aliphatic heterocycles. The summed E-state index contributed by atoms with van der Waals surface area (Å²) in [6.07, 6.45) is 5.47. The second-order valence-electron chi connectivity index (χ2n) is 5.33. The summed E-state index contributed by atoms with van der Waals surface area (Å²) in [4.78, 5) is 12.2. The van der Waals surface area contributed by atoms with Gasteiger partial charge in [-0.3, -0.25) is 5.32 Å². The summed E-state index contributed by atoms with van der Waals surface area (Å²) in [5.74, 6) is -1.01. The van der Waals surface area contributed by atoms with E-state index in [1.54, 1.807) is 19.1 Å². The quantitative estimate of drug-likeness (QED) is 0.835. The first-order valence-corrected chi connectivity index (χ1v) is 7.88. The van der Waals surface area contributed by atoms with Crippen molar-refractivity contribution in [3.05, 3.63) is 34.6 Å². The molecule has 0 heterocycles. The van der Waals surface area contributed by atoms with E-state index in [1.165, 1.54) is 12.5 Å². The molecule has 1 fully saturated rings. The van der Waals surface area contributed by atoms with Crippen LogP contribution in [0, 0.1) is 5.82 Å². The Bertz CT molecular complexity index is 489. The Labute approximate surface area is 129 Å². The number of carbonyl (C=O) groups is 1. The van der Waals surface area contributed by atoms with Gasteiger partial charge in [0.25, 0.3) is 0 Å². The molecule has 0 amide bonds. The standard InChI is InChI=1S/C16H21ClFNO2/c1-2-21-16(20)15(19-11-7-4-3-5-8-11)12-9-6-10-13(17)14(12)18/h6,9-11,15,19H,2-5,7-8H2,1H3. The highest BCUT2D eigenvalue weighted by Gasteiger charge is 2.28. The maximum Gasteiger partial charge on any atom is 0.327 e. The van der Waals surface area contributed by atoms with Gasteiger partial charge in [-0.1, -0.05) is 43.0 Å². The molecule has 1 saturated carbocycles. The first kappa shape index (κ1) is 16.2. The van der Waals surface area contributed by atoms with E-state index in [0.29, 0.717) is 0 Å². The molecule has 0 aromatic heterocycles. The van der Waals surface area contributed by atoms with E-state index in [-0.39, 0.29) is 23.2 Å². The first-order chi connectivity index (χ1) is 10.1. The molecular formula is C16H21ClFNO2. The average Bonchev–Trinajstić information content (AvgIpc) is 2.49. The van der Waals surface area contributed by atoms with Crippen LogP contribution in [-0.2, 0) is 9.53 Å². The zero-order valence-electron chi connectivity index (χ0n) is 12.2. The molecule has 21 heavy (non-hydrogen) atoms. The Kier molecular flexibility index (Phi) is 6.00. The highest BCUT2D eigenvalue weighted by atomic mass is 35.5. The molecule has 0 spiro atoms. The number of rotatable bonds is 5. The van der Waals surface area contributed by atoms with Gasteiger partial charge >= 0.3 is 5.97 Å². The zero-order valence-corrected chi connectivity index (χ0v) is 13.0. The molecule has 116 valence electrons. The maximum atomic E-state index is 14.2. The topological polar surface area (TPSA) is 38.3 Å². The maximum absolute atomic E-state index is 14.2. The largest absolute Gasteiger partial charge is 0.465 e. The summed E-state index contributed by atoms with van der Waals surface area (Å²) in [6, 6.07) is 4.12. The van der Waals surface area contributed by atoms with Crippen LogP contribution in [0.15, 0.2) is 18.2 Å². The van der Waals surface area contributed by atoms with Crippen molar-refractivity contribution in [3.8, 4) is 0 Å². The van der Waals surface area contributed by atoms with Crippen molar-refractivity contribution in [2.45, 2.75) is 51.1 Å². The molecule has 2 rings (SSSR count). The summed E-state index contributed by atoms with van der Waals surface area (Å²) in [5.41, 5.74) is 0.256. The third-order valence-corrected chi connectivity index (χ3v) is 4.11. The lowest BCUT2D eigenvalue weighted by Crippen LogP contribution is -2.39. The Hall–Kier alpha value is -1.13. The molecule has 3 nitrogen and oxygen atoms in total. The van der Waals surface area contributed by atoms with Gasteiger partial charge in [-0.05, 0) is 25.8 Å². The van der Waals surface area contributed by atoms with Crippen LogP contribution in [0.3, 0.4) is 0 Å². The van der Waals surface area contributed by atoms with Gasteiger partial charge in [-0.25, -0.2) is 9.18 Å². The summed E-state index contributed by atoms with van der Waals surface area (Å²) in [6.45, 7) is 2.01. The van der Waals surface area contributed by atoms with Crippen LogP contribution in [0.4, 0.5) is 4.39 Å². The van der Waals surface area contributed by atoms with Crippen LogP contribution in [0.1, 0.15) is 50.6 Å². The highest BCUT2D eigenvalue weighted by Crippen LogP contribution is 2.27. The minimum absolute atomic E-state index is 0.0206. The van der Waals surface area contributed by atoms with Gasteiger partial charge in [0.15, 0.2) is 0 Å².